The van der Waals surface area contributed by atoms with Gasteiger partial charge in [0.15, 0.2) is 0 Å². The summed E-state index contributed by atoms with van der Waals surface area (Å²) in [5.41, 5.74) is 1.92. The molecule has 1 atom stereocenters. The molecule has 0 amide bonds. The van der Waals surface area contributed by atoms with Crippen molar-refractivity contribution in [1.29, 1.82) is 0 Å². The lowest BCUT2D eigenvalue weighted by Gasteiger charge is -2.28. The summed E-state index contributed by atoms with van der Waals surface area (Å²) >= 11 is 11.8. The standard InChI is InChI=1S/C17H17Cl2NO4S/c1-10-6-11(2)8-13(7-10)20(12(3)17(21)22)25(23,24)14-4-5-15(18)16(19)9-14/h4-9,12H,1-3H3,(H,21,22). The topological polar surface area (TPSA) is 74.7 Å². The van der Waals surface area contributed by atoms with E-state index in [1.165, 1.54) is 25.1 Å². The Hall–Kier alpha value is -1.76. The molecule has 0 fully saturated rings. The molecule has 0 bridgehead atoms. The predicted octanol–water partition coefficient (Wildman–Crippen LogP) is 4.28. The van der Waals surface area contributed by atoms with Gasteiger partial charge in [-0.25, -0.2) is 13.2 Å². The Morgan fingerprint density at radius 2 is 1.60 bits per heavy atom. The van der Waals surface area contributed by atoms with Gasteiger partial charge in [-0.05, 0) is 62.2 Å². The number of anilines is 1. The van der Waals surface area contributed by atoms with Crippen LogP contribution >= 0.6 is 23.2 Å². The van der Waals surface area contributed by atoms with E-state index in [-0.39, 0.29) is 20.6 Å². The molecule has 0 saturated carbocycles. The molecule has 2 aromatic carbocycles. The van der Waals surface area contributed by atoms with Crippen LogP contribution in [0.15, 0.2) is 41.3 Å². The molecule has 0 aliphatic carbocycles. The van der Waals surface area contributed by atoms with E-state index in [9.17, 15) is 18.3 Å². The molecule has 1 N–H and O–H groups in total. The van der Waals surface area contributed by atoms with E-state index in [0.717, 1.165) is 15.4 Å². The highest BCUT2D eigenvalue weighted by molar-refractivity contribution is 7.93. The molecular formula is C17H17Cl2NO4S. The van der Waals surface area contributed by atoms with Gasteiger partial charge in [0.25, 0.3) is 10.0 Å². The number of carbonyl (C=O) groups is 1. The van der Waals surface area contributed by atoms with Crippen molar-refractivity contribution in [2.24, 2.45) is 0 Å². The number of sulfonamides is 1. The number of halogens is 2. The third-order valence-corrected chi connectivity index (χ3v) is 6.25. The molecule has 1 unspecified atom stereocenters. The highest BCUT2D eigenvalue weighted by atomic mass is 35.5. The number of rotatable bonds is 5. The molecule has 2 rings (SSSR count). The minimum atomic E-state index is -4.16. The molecule has 0 saturated heterocycles. The molecule has 5 nitrogen and oxygen atoms in total. The van der Waals surface area contributed by atoms with Crippen LogP contribution in [0.25, 0.3) is 0 Å². The van der Waals surface area contributed by atoms with Crippen LogP contribution in [0, 0.1) is 13.8 Å². The molecule has 0 aliphatic heterocycles. The summed E-state index contributed by atoms with van der Waals surface area (Å²) in [6.07, 6.45) is 0. The Morgan fingerprint density at radius 3 is 2.08 bits per heavy atom. The van der Waals surface area contributed by atoms with Crippen molar-refractivity contribution >= 4 is 44.9 Å². The second-order valence-electron chi connectivity index (χ2n) is 5.74. The van der Waals surface area contributed by atoms with Crippen molar-refractivity contribution in [1.82, 2.24) is 0 Å². The van der Waals surface area contributed by atoms with Crippen molar-refractivity contribution < 1.29 is 18.3 Å². The monoisotopic (exact) mass is 401 g/mol. The molecule has 25 heavy (non-hydrogen) atoms. The Balaban J connectivity index is 2.69. The molecule has 134 valence electrons. The molecule has 0 spiro atoms. The fraction of sp³-hybridized carbons (Fsp3) is 0.235. The first-order chi connectivity index (χ1) is 11.5. The zero-order chi connectivity index (χ0) is 18.9. The van der Waals surface area contributed by atoms with E-state index < -0.39 is 22.0 Å². The lowest BCUT2D eigenvalue weighted by molar-refractivity contribution is -0.137. The highest BCUT2D eigenvalue weighted by Crippen LogP contribution is 2.31. The second-order valence-corrected chi connectivity index (χ2v) is 8.37. The quantitative estimate of drug-likeness (QED) is 0.810. The normalized spacial score (nSPS) is 12.7. The number of aliphatic carboxylic acids is 1. The van der Waals surface area contributed by atoms with Crippen molar-refractivity contribution in [3.63, 3.8) is 0 Å². The number of nitrogens with zero attached hydrogens (tertiary/aromatic N) is 1. The lowest BCUT2D eigenvalue weighted by atomic mass is 10.1. The summed E-state index contributed by atoms with van der Waals surface area (Å²) in [6.45, 7) is 4.94. The van der Waals surface area contributed by atoms with Crippen LogP contribution in [0.1, 0.15) is 18.1 Å². The summed E-state index contributed by atoms with van der Waals surface area (Å²) in [5, 5.41) is 9.70. The zero-order valence-electron chi connectivity index (χ0n) is 13.8. The van der Waals surface area contributed by atoms with Gasteiger partial charge in [-0.3, -0.25) is 4.31 Å². The largest absolute Gasteiger partial charge is 0.480 e. The third-order valence-electron chi connectivity index (χ3n) is 3.62. The van der Waals surface area contributed by atoms with Crippen LogP contribution in [0.4, 0.5) is 5.69 Å². The first kappa shape index (κ1) is 19.6. The number of carboxylic acids is 1. The average molecular weight is 402 g/mol. The van der Waals surface area contributed by atoms with Crippen LogP contribution in [-0.4, -0.2) is 25.5 Å². The Bertz CT molecular complexity index is 908. The smallest absolute Gasteiger partial charge is 0.327 e. The molecule has 0 aliphatic rings. The predicted molar refractivity (Wildman–Crippen MR) is 99.1 cm³/mol. The summed E-state index contributed by atoms with van der Waals surface area (Å²) in [4.78, 5) is 11.4. The van der Waals surface area contributed by atoms with Crippen LogP contribution in [0.2, 0.25) is 10.0 Å². The molecule has 0 heterocycles. The number of hydrogen-bond acceptors (Lipinski definition) is 3. The van der Waals surface area contributed by atoms with E-state index in [1.54, 1.807) is 12.1 Å². The fourth-order valence-electron chi connectivity index (χ4n) is 2.50. The molecule has 0 aromatic heterocycles. The molecule has 2 aromatic rings. The maximum Gasteiger partial charge on any atom is 0.327 e. The molecular weight excluding hydrogens is 385 g/mol. The van der Waals surface area contributed by atoms with Gasteiger partial charge < -0.3 is 5.11 Å². The van der Waals surface area contributed by atoms with Crippen molar-refractivity contribution in [3.8, 4) is 0 Å². The van der Waals surface area contributed by atoms with Gasteiger partial charge in [0.2, 0.25) is 0 Å². The van der Waals surface area contributed by atoms with Crippen molar-refractivity contribution in [3.05, 3.63) is 57.6 Å². The van der Waals surface area contributed by atoms with E-state index >= 15 is 0 Å². The van der Waals surface area contributed by atoms with Gasteiger partial charge in [0.1, 0.15) is 6.04 Å². The zero-order valence-corrected chi connectivity index (χ0v) is 16.2. The summed E-state index contributed by atoms with van der Waals surface area (Å²) in [6, 6.07) is 7.70. The number of carboxylic acid groups (broad SMARTS) is 1. The van der Waals surface area contributed by atoms with Gasteiger partial charge >= 0.3 is 5.97 Å². The van der Waals surface area contributed by atoms with Crippen molar-refractivity contribution in [2.75, 3.05) is 4.31 Å². The molecule has 0 radical (unpaired) electrons. The van der Waals surface area contributed by atoms with E-state index in [2.05, 4.69) is 0 Å². The van der Waals surface area contributed by atoms with Gasteiger partial charge in [-0.2, -0.15) is 0 Å². The SMILES string of the molecule is Cc1cc(C)cc(N(C(C)C(=O)O)S(=O)(=O)c2ccc(Cl)c(Cl)c2)c1. The Kier molecular flexibility index (Phi) is 5.66. The van der Waals surface area contributed by atoms with Gasteiger partial charge in [0, 0.05) is 0 Å². The Labute approximate surface area is 156 Å². The fourth-order valence-corrected chi connectivity index (χ4v) is 4.49. The van der Waals surface area contributed by atoms with Crippen LogP contribution in [0.3, 0.4) is 0 Å². The van der Waals surface area contributed by atoms with Crippen LogP contribution < -0.4 is 4.31 Å². The average Bonchev–Trinajstić information content (AvgIpc) is 2.48. The van der Waals surface area contributed by atoms with E-state index in [4.69, 9.17) is 23.2 Å². The van der Waals surface area contributed by atoms with Crippen molar-refractivity contribution in [2.45, 2.75) is 31.7 Å². The van der Waals surface area contributed by atoms with Gasteiger partial charge in [-0.15, -0.1) is 0 Å². The number of aryl methyl sites for hydroxylation is 2. The second kappa shape index (κ2) is 7.23. The summed E-state index contributed by atoms with van der Waals surface area (Å²) < 4.78 is 27.1. The molecule has 8 heteroatoms. The first-order valence-electron chi connectivity index (χ1n) is 7.34. The minimum Gasteiger partial charge on any atom is -0.480 e. The van der Waals surface area contributed by atoms with Crippen LogP contribution in [0.5, 0.6) is 0 Å². The number of hydrogen-bond donors (Lipinski definition) is 1. The first-order valence-corrected chi connectivity index (χ1v) is 9.54. The van der Waals surface area contributed by atoms with Gasteiger partial charge in [-0.1, -0.05) is 29.3 Å². The highest BCUT2D eigenvalue weighted by Gasteiger charge is 2.33. The summed E-state index contributed by atoms with van der Waals surface area (Å²) in [7, 11) is -4.16. The third kappa shape index (κ3) is 4.08. The van der Waals surface area contributed by atoms with Crippen LogP contribution in [-0.2, 0) is 14.8 Å². The maximum atomic E-state index is 13.1. The lowest BCUT2D eigenvalue weighted by Crippen LogP contribution is -2.43. The number of benzene rings is 2. The van der Waals surface area contributed by atoms with Gasteiger partial charge in [0.05, 0.1) is 20.6 Å². The Morgan fingerprint density at radius 1 is 1.04 bits per heavy atom. The minimum absolute atomic E-state index is 0.0751. The maximum absolute atomic E-state index is 13.1. The van der Waals surface area contributed by atoms with E-state index in [0.29, 0.717) is 0 Å². The summed E-state index contributed by atoms with van der Waals surface area (Å²) in [5.74, 6) is -1.26. The van der Waals surface area contributed by atoms with E-state index in [1.807, 2.05) is 19.9 Å².